The van der Waals surface area contributed by atoms with Gasteiger partial charge in [-0.25, -0.2) is 13.1 Å². The van der Waals surface area contributed by atoms with E-state index in [1.165, 1.54) is 19.2 Å². The van der Waals surface area contributed by atoms with Gasteiger partial charge in [-0.1, -0.05) is 6.42 Å². The number of sulfonamides is 1. The van der Waals surface area contributed by atoms with Crippen molar-refractivity contribution in [1.29, 1.82) is 0 Å². The van der Waals surface area contributed by atoms with E-state index in [0.717, 1.165) is 32.1 Å². The van der Waals surface area contributed by atoms with Gasteiger partial charge in [-0.15, -0.1) is 0 Å². The van der Waals surface area contributed by atoms with Crippen LogP contribution in [0.2, 0.25) is 0 Å². The number of nitrogens with one attached hydrogen (secondary N) is 2. The number of hydrogen-bond donors (Lipinski definition) is 3. The van der Waals surface area contributed by atoms with Crippen molar-refractivity contribution >= 4 is 15.9 Å². The van der Waals surface area contributed by atoms with Crippen molar-refractivity contribution in [3.63, 3.8) is 0 Å². The molecule has 0 heterocycles. The fourth-order valence-electron chi connectivity index (χ4n) is 3.27. The summed E-state index contributed by atoms with van der Waals surface area (Å²) in [4.78, 5) is 12.6. The van der Waals surface area contributed by atoms with Gasteiger partial charge in [0.15, 0.2) is 0 Å². The van der Waals surface area contributed by atoms with Crippen LogP contribution in [0.5, 0.6) is 5.75 Å². The Morgan fingerprint density at radius 1 is 1.28 bits per heavy atom. The summed E-state index contributed by atoms with van der Waals surface area (Å²) in [6.45, 7) is 0.540. The van der Waals surface area contributed by atoms with Gasteiger partial charge < -0.3 is 15.8 Å². The Labute approximate surface area is 148 Å². The van der Waals surface area contributed by atoms with E-state index in [-0.39, 0.29) is 34.6 Å². The van der Waals surface area contributed by atoms with Gasteiger partial charge >= 0.3 is 0 Å². The normalized spacial score (nSPS) is 23.4. The molecule has 4 N–H and O–H groups in total. The monoisotopic (exact) mass is 367 g/mol. The van der Waals surface area contributed by atoms with E-state index in [0.29, 0.717) is 12.1 Å². The molecule has 3 rings (SSSR count). The molecule has 1 aromatic carbocycles. The zero-order valence-corrected chi connectivity index (χ0v) is 15.1. The van der Waals surface area contributed by atoms with Gasteiger partial charge in [0.1, 0.15) is 10.6 Å². The Morgan fingerprint density at radius 2 is 2.04 bits per heavy atom. The molecule has 2 aliphatic carbocycles. The molecule has 0 aromatic heterocycles. The molecule has 2 aliphatic rings. The Morgan fingerprint density at radius 3 is 2.68 bits per heavy atom. The molecule has 138 valence electrons. The Balaban J connectivity index is 1.82. The van der Waals surface area contributed by atoms with Crippen molar-refractivity contribution in [2.75, 3.05) is 13.7 Å². The van der Waals surface area contributed by atoms with Gasteiger partial charge in [-0.05, 0) is 56.3 Å². The van der Waals surface area contributed by atoms with Gasteiger partial charge in [-0.2, -0.15) is 0 Å². The minimum atomic E-state index is -3.71. The SMILES string of the molecule is COc1ccc(C(=O)NC2CCCC2CN)cc1S(=O)(=O)NC1CC1. The third-order valence-corrected chi connectivity index (χ3v) is 6.43. The lowest BCUT2D eigenvalue weighted by atomic mass is 10.0. The molecule has 0 radical (unpaired) electrons. The van der Waals surface area contributed by atoms with Gasteiger partial charge in [0.05, 0.1) is 7.11 Å². The van der Waals surface area contributed by atoms with Crippen molar-refractivity contribution in [2.45, 2.75) is 49.1 Å². The van der Waals surface area contributed by atoms with Crippen molar-refractivity contribution in [2.24, 2.45) is 11.7 Å². The summed E-state index contributed by atoms with van der Waals surface area (Å²) in [6, 6.07) is 4.51. The minimum Gasteiger partial charge on any atom is -0.495 e. The highest BCUT2D eigenvalue weighted by molar-refractivity contribution is 7.89. The third kappa shape index (κ3) is 4.13. The summed E-state index contributed by atoms with van der Waals surface area (Å²) < 4.78 is 32.9. The van der Waals surface area contributed by atoms with Crippen molar-refractivity contribution < 1.29 is 17.9 Å². The molecular formula is C17H25N3O4S. The Kier molecular flexibility index (Phi) is 5.31. The number of hydrogen-bond acceptors (Lipinski definition) is 5. The van der Waals surface area contributed by atoms with Crippen LogP contribution in [0.4, 0.5) is 0 Å². The number of ether oxygens (including phenoxy) is 1. The minimum absolute atomic E-state index is 0.00338. The lowest BCUT2D eigenvalue weighted by molar-refractivity contribution is 0.0928. The first-order valence-corrected chi connectivity index (χ1v) is 10.1. The molecule has 1 amide bonds. The van der Waals surface area contributed by atoms with Crippen LogP contribution in [0.15, 0.2) is 23.1 Å². The van der Waals surface area contributed by atoms with Crippen LogP contribution in [0.1, 0.15) is 42.5 Å². The number of rotatable bonds is 7. The van der Waals surface area contributed by atoms with Crippen LogP contribution >= 0.6 is 0 Å². The van der Waals surface area contributed by atoms with Crippen LogP contribution in [0.3, 0.4) is 0 Å². The predicted molar refractivity (Wildman–Crippen MR) is 94.0 cm³/mol. The number of nitrogens with two attached hydrogens (primary N) is 1. The van der Waals surface area contributed by atoms with E-state index in [2.05, 4.69) is 10.0 Å². The zero-order chi connectivity index (χ0) is 18.0. The maximum atomic E-state index is 12.6. The fourth-order valence-corrected chi connectivity index (χ4v) is 4.77. The molecule has 2 saturated carbocycles. The third-order valence-electron chi connectivity index (χ3n) is 4.89. The summed E-state index contributed by atoms with van der Waals surface area (Å²) in [5.41, 5.74) is 6.06. The molecule has 0 bridgehead atoms. The van der Waals surface area contributed by atoms with Crippen molar-refractivity contribution in [1.82, 2.24) is 10.0 Å². The standard InChI is InChI=1S/C17H25N3O4S/c1-24-15-8-5-11(9-16(15)25(22,23)20-13-6-7-13)17(21)19-14-4-2-3-12(14)10-18/h5,8-9,12-14,20H,2-4,6-7,10,18H2,1H3,(H,19,21). The first-order chi connectivity index (χ1) is 11.9. The van der Waals surface area contributed by atoms with Gasteiger partial charge in [-0.3, -0.25) is 4.79 Å². The quantitative estimate of drug-likeness (QED) is 0.666. The molecule has 0 spiro atoms. The second-order valence-electron chi connectivity index (χ2n) is 6.77. The summed E-state index contributed by atoms with van der Waals surface area (Å²) in [5, 5.41) is 2.99. The van der Waals surface area contributed by atoms with E-state index in [1.54, 1.807) is 6.07 Å². The molecule has 2 unspecified atom stereocenters. The smallest absolute Gasteiger partial charge is 0.251 e. The average Bonchev–Trinajstić information content (AvgIpc) is 3.28. The summed E-state index contributed by atoms with van der Waals surface area (Å²) in [7, 11) is -2.30. The van der Waals surface area contributed by atoms with Crippen LogP contribution in [-0.4, -0.2) is 40.1 Å². The van der Waals surface area contributed by atoms with E-state index < -0.39 is 10.0 Å². The first kappa shape index (κ1) is 18.2. The highest BCUT2D eigenvalue weighted by Gasteiger charge is 2.31. The van der Waals surface area contributed by atoms with Crippen LogP contribution < -0.4 is 20.5 Å². The summed E-state index contributed by atoms with van der Waals surface area (Å²) in [6.07, 6.45) is 4.63. The molecule has 2 fully saturated rings. The second kappa shape index (κ2) is 7.31. The zero-order valence-electron chi connectivity index (χ0n) is 14.3. The largest absolute Gasteiger partial charge is 0.495 e. The van der Waals surface area contributed by atoms with E-state index in [4.69, 9.17) is 10.5 Å². The number of amides is 1. The lowest BCUT2D eigenvalue weighted by Crippen LogP contribution is -2.40. The Bertz CT molecular complexity index is 746. The van der Waals surface area contributed by atoms with E-state index >= 15 is 0 Å². The molecule has 8 heteroatoms. The molecule has 25 heavy (non-hydrogen) atoms. The summed E-state index contributed by atoms with van der Waals surface area (Å²) in [5.74, 6) is 0.225. The lowest BCUT2D eigenvalue weighted by Gasteiger charge is -2.20. The van der Waals surface area contributed by atoms with Crippen LogP contribution in [0, 0.1) is 5.92 Å². The summed E-state index contributed by atoms with van der Waals surface area (Å²) >= 11 is 0. The maximum absolute atomic E-state index is 12.6. The molecule has 0 saturated heterocycles. The van der Waals surface area contributed by atoms with Gasteiger partial charge in [0, 0.05) is 17.6 Å². The van der Waals surface area contributed by atoms with Gasteiger partial charge in [0.2, 0.25) is 10.0 Å². The van der Waals surface area contributed by atoms with E-state index in [1.807, 2.05) is 0 Å². The molecule has 0 aliphatic heterocycles. The topological polar surface area (TPSA) is 111 Å². The predicted octanol–water partition coefficient (Wildman–Crippen LogP) is 0.993. The number of methoxy groups -OCH3 is 1. The van der Waals surface area contributed by atoms with Crippen LogP contribution in [-0.2, 0) is 10.0 Å². The molecule has 1 aromatic rings. The first-order valence-electron chi connectivity index (χ1n) is 8.66. The fraction of sp³-hybridized carbons (Fsp3) is 0.588. The van der Waals surface area contributed by atoms with Gasteiger partial charge in [0.25, 0.3) is 5.91 Å². The number of carbonyl (C=O) groups excluding carboxylic acids is 1. The average molecular weight is 367 g/mol. The molecule has 2 atom stereocenters. The maximum Gasteiger partial charge on any atom is 0.251 e. The van der Waals surface area contributed by atoms with E-state index in [9.17, 15) is 13.2 Å². The van der Waals surface area contributed by atoms with Crippen molar-refractivity contribution in [3.8, 4) is 5.75 Å². The highest BCUT2D eigenvalue weighted by Crippen LogP contribution is 2.29. The number of benzene rings is 1. The molecule has 7 nitrogen and oxygen atoms in total. The Hall–Kier alpha value is -1.64. The highest BCUT2D eigenvalue weighted by atomic mass is 32.2. The number of carbonyl (C=O) groups is 1. The van der Waals surface area contributed by atoms with Crippen molar-refractivity contribution in [3.05, 3.63) is 23.8 Å². The molecular weight excluding hydrogens is 342 g/mol. The van der Waals surface area contributed by atoms with Crippen LogP contribution in [0.25, 0.3) is 0 Å². The second-order valence-corrected chi connectivity index (χ2v) is 8.45.